The van der Waals surface area contributed by atoms with Gasteiger partial charge in [-0.15, -0.1) is 0 Å². The third-order valence-corrected chi connectivity index (χ3v) is 2.44. The Labute approximate surface area is 106 Å². The Kier molecular flexibility index (Phi) is 6.01. The predicted molar refractivity (Wildman–Crippen MR) is 69.2 cm³/mol. The van der Waals surface area contributed by atoms with E-state index in [9.17, 15) is 4.39 Å². The number of hydrogen-bond acceptors (Lipinski definition) is 2. The van der Waals surface area contributed by atoms with Crippen molar-refractivity contribution in [1.82, 2.24) is 5.32 Å². The van der Waals surface area contributed by atoms with Gasteiger partial charge >= 0.3 is 0 Å². The number of benzene rings is 1. The molecule has 0 fully saturated rings. The van der Waals surface area contributed by atoms with Crippen LogP contribution in [-0.4, -0.2) is 19.7 Å². The first-order valence-electron chi connectivity index (χ1n) is 5.59. The van der Waals surface area contributed by atoms with Gasteiger partial charge in [0, 0.05) is 6.54 Å². The molecule has 0 aliphatic heterocycles. The fraction of sp³-hybridized carbons (Fsp3) is 0.385. The molecular weight excluding hydrogens is 241 g/mol. The second-order valence-electron chi connectivity index (χ2n) is 3.77. The Morgan fingerprint density at radius 1 is 1.53 bits per heavy atom. The number of nitrogens with one attached hydrogen (secondary N) is 1. The van der Waals surface area contributed by atoms with Crippen LogP contribution in [0, 0.1) is 5.82 Å². The van der Waals surface area contributed by atoms with E-state index >= 15 is 0 Å². The maximum Gasteiger partial charge on any atom is 0.173 e. The first-order valence-corrected chi connectivity index (χ1v) is 5.97. The van der Waals surface area contributed by atoms with E-state index in [1.54, 1.807) is 12.1 Å². The number of ether oxygens (including phenoxy) is 1. The van der Waals surface area contributed by atoms with Crippen molar-refractivity contribution in [2.45, 2.75) is 13.3 Å². The third-order valence-electron chi connectivity index (χ3n) is 2.14. The Balaban J connectivity index is 2.42. The van der Waals surface area contributed by atoms with Gasteiger partial charge in [0.2, 0.25) is 0 Å². The van der Waals surface area contributed by atoms with E-state index in [0.29, 0.717) is 6.54 Å². The van der Waals surface area contributed by atoms with Crippen molar-refractivity contribution in [3.8, 4) is 5.75 Å². The fourth-order valence-electron chi connectivity index (χ4n) is 1.29. The Morgan fingerprint density at radius 2 is 2.29 bits per heavy atom. The number of para-hydroxylation sites is 1. The quantitative estimate of drug-likeness (QED) is 0.597. The van der Waals surface area contributed by atoms with Crippen LogP contribution in [-0.2, 0) is 0 Å². The molecule has 0 bridgehead atoms. The molecule has 0 unspecified atom stereocenters. The summed E-state index contributed by atoms with van der Waals surface area (Å²) in [6, 6.07) is 4.46. The van der Waals surface area contributed by atoms with E-state index in [0.717, 1.165) is 18.5 Å². The summed E-state index contributed by atoms with van der Waals surface area (Å²) in [6.45, 7) is 7.79. The standard InChI is InChI=1S/C13H17ClFNO/c1-3-7-16-8-10(2)9-17-13-11(14)5-4-6-12(13)15/h4-6,16H,2-3,7-9H2,1H3. The minimum absolute atomic E-state index is 0.0887. The molecule has 0 heterocycles. The van der Waals surface area contributed by atoms with Crippen molar-refractivity contribution >= 4 is 11.6 Å². The molecule has 0 saturated heterocycles. The summed E-state index contributed by atoms with van der Waals surface area (Å²) < 4.78 is 18.7. The molecule has 1 rings (SSSR count). The van der Waals surface area contributed by atoms with Crippen LogP contribution in [0.25, 0.3) is 0 Å². The lowest BCUT2D eigenvalue weighted by Crippen LogP contribution is -2.20. The Morgan fingerprint density at radius 3 is 2.94 bits per heavy atom. The molecule has 0 saturated carbocycles. The molecule has 0 aliphatic rings. The van der Waals surface area contributed by atoms with E-state index in [4.69, 9.17) is 16.3 Å². The molecule has 2 nitrogen and oxygen atoms in total. The monoisotopic (exact) mass is 257 g/mol. The van der Waals surface area contributed by atoms with E-state index in [1.165, 1.54) is 6.07 Å². The minimum atomic E-state index is -0.452. The maximum atomic E-state index is 13.4. The summed E-state index contributed by atoms with van der Waals surface area (Å²) in [5.74, 6) is -0.363. The van der Waals surface area contributed by atoms with Crippen molar-refractivity contribution in [3.63, 3.8) is 0 Å². The normalized spacial score (nSPS) is 10.3. The van der Waals surface area contributed by atoms with E-state index in [1.807, 2.05) is 0 Å². The highest BCUT2D eigenvalue weighted by Gasteiger charge is 2.08. The largest absolute Gasteiger partial charge is 0.485 e. The van der Waals surface area contributed by atoms with Crippen molar-refractivity contribution in [2.24, 2.45) is 0 Å². The summed E-state index contributed by atoms with van der Waals surface area (Å²) in [4.78, 5) is 0. The second kappa shape index (κ2) is 7.30. The Hall–Kier alpha value is -1.06. The molecule has 0 amide bonds. The van der Waals surface area contributed by atoms with Crippen LogP contribution in [0.4, 0.5) is 4.39 Å². The van der Waals surface area contributed by atoms with E-state index in [2.05, 4.69) is 18.8 Å². The first kappa shape index (κ1) is 14.0. The van der Waals surface area contributed by atoms with Crippen molar-refractivity contribution in [1.29, 1.82) is 0 Å². The fourth-order valence-corrected chi connectivity index (χ4v) is 1.51. The van der Waals surface area contributed by atoms with Gasteiger partial charge in [-0.25, -0.2) is 4.39 Å². The summed E-state index contributed by atoms with van der Waals surface area (Å²) in [5, 5.41) is 3.47. The summed E-state index contributed by atoms with van der Waals surface area (Å²) in [7, 11) is 0. The SMILES string of the molecule is C=C(CNCCC)COc1c(F)cccc1Cl. The van der Waals surface area contributed by atoms with Crippen molar-refractivity contribution in [3.05, 3.63) is 41.2 Å². The van der Waals surface area contributed by atoms with Gasteiger partial charge in [-0.1, -0.05) is 31.2 Å². The van der Waals surface area contributed by atoms with Crippen LogP contribution >= 0.6 is 11.6 Å². The van der Waals surface area contributed by atoms with Crippen molar-refractivity contribution in [2.75, 3.05) is 19.7 Å². The zero-order valence-corrected chi connectivity index (χ0v) is 10.7. The average molecular weight is 258 g/mol. The van der Waals surface area contributed by atoms with Crippen molar-refractivity contribution < 1.29 is 9.13 Å². The predicted octanol–water partition coefficient (Wildman–Crippen LogP) is 3.41. The van der Waals surface area contributed by atoms with E-state index in [-0.39, 0.29) is 17.4 Å². The third kappa shape index (κ3) is 4.75. The summed E-state index contributed by atoms with van der Waals surface area (Å²) >= 11 is 5.83. The van der Waals surface area contributed by atoms with Crippen LogP contribution in [0.3, 0.4) is 0 Å². The molecule has 0 radical (unpaired) electrons. The molecule has 0 spiro atoms. The molecule has 1 aromatic carbocycles. The molecular formula is C13H17ClFNO. The zero-order valence-electron chi connectivity index (χ0n) is 9.93. The van der Waals surface area contributed by atoms with Gasteiger partial charge in [-0.2, -0.15) is 0 Å². The molecule has 0 aromatic heterocycles. The summed E-state index contributed by atoms with van der Waals surface area (Å²) in [5.41, 5.74) is 0.859. The zero-order chi connectivity index (χ0) is 12.7. The number of rotatable bonds is 7. The highest BCUT2D eigenvalue weighted by atomic mass is 35.5. The van der Waals surface area contributed by atoms with E-state index < -0.39 is 5.82 Å². The lowest BCUT2D eigenvalue weighted by atomic mass is 10.3. The minimum Gasteiger partial charge on any atom is -0.485 e. The highest BCUT2D eigenvalue weighted by molar-refractivity contribution is 6.32. The molecule has 1 aromatic rings. The molecule has 94 valence electrons. The van der Waals surface area contributed by atoms with Gasteiger partial charge in [0.1, 0.15) is 6.61 Å². The smallest absolute Gasteiger partial charge is 0.173 e. The van der Waals surface area contributed by atoms with Gasteiger partial charge in [-0.05, 0) is 30.7 Å². The second-order valence-corrected chi connectivity index (χ2v) is 4.17. The van der Waals surface area contributed by atoms with Gasteiger partial charge < -0.3 is 10.1 Å². The van der Waals surface area contributed by atoms with Crippen LogP contribution in [0.5, 0.6) is 5.75 Å². The molecule has 1 N–H and O–H groups in total. The lowest BCUT2D eigenvalue weighted by Gasteiger charge is -2.11. The van der Waals surface area contributed by atoms with Crippen LogP contribution < -0.4 is 10.1 Å². The van der Waals surface area contributed by atoms with Crippen LogP contribution in [0.2, 0.25) is 5.02 Å². The van der Waals surface area contributed by atoms with Gasteiger partial charge in [-0.3, -0.25) is 0 Å². The van der Waals surface area contributed by atoms with Gasteiger partial charge in [0.25, 0.3) is 0 Å². The molecule has 17 heavy (non-hydrogen) atoms. The topological polar surface area (TPSA) is 21.3 Å². The van der Waals surface area contributed by atoms with Gasteiger partial charge in [0.15, 0.2) is 11.6 Å². The van der Waals surface area contributed by atoms with Crippen LogP contribution in [0.1, 0.15) is 13.3 Å². The number of hydrogen-bond donors (Lipinski definition) is 1. The summed E-state index contributed by atoms with van der Waals surface area (Å²) in [6.07, 6.45) is 1.06. The average Bonchev–Trinajstić information content (AvgIpc) is 2.29. The maximum absolute atomic E-state index is 13.4. The molecule has 0 aliphatic carbocycles. The highest BCUT2D eigenvalue weighted by Crippen LogP contribution is 2.27. The molecule has 0 atom stereocenters. The molecule has 4 heteroatoms. The Bertz CT molecular complexity index is 361. The number of halogens is 2. The lowest BCUT2D eigenvalue weighted by molar-refractivity contribution is 0.329. The van der Waals surface area contributed by atoms with Gasteiger partial charge in [0.05, 0.1) is 5.02 Å². The van der Waals surface area contributed by atoms with Crippen LogP contribution in [0.15, 0.2) is 30.4 Å². The first-order chi connectivity index (χ1) is 8.15.